The van der Waals surface area contributed by atoms with Crippen molar-refractivity contribution in [2.75, 3.05) is 36.4 Å². The van der Waals surface area contributed by atoms with Crippen LogP contribution in [-0.2, 0) is 4.79 Å². The number of hydrogen-bond acceptors (Lipinski definition) is 7. The first-order valence-electron chi connectivity index (χ1n) is 11.7. The number of hydrogen-bond donors (Lipinski definition) is 2. The molecule has 36 heavy (non-hydrogen) atoms. The monoisotopic (exact) mass is 506 g/mol. The average Bonchev–Trinajstić information content (AvgIpc) is 3.15. The van der Waals surface area contributed by atoms with Gasteiger partial charge in [0, 0.05) is 51.4 Å². The summed E-state index contributed by atoms with van der Waals surface area (Å²) in [6.07, 6.45) is -2.97. The van der Waals surface area contributed by atoms with Gasteiger partial charge < -0.3 is 29.5 Å². The molecule has 1 aliphatic heterocycles. The van der Waals surface area contributed by atoms with Gasteiger partial charge in [-0.25, -0.2) is 4.98 Å². The van der Waals surface area contributed by atoms with Crippen LogP contribution in [0.4, 0.5) is 24.9 Å². The van der Waals surface area contributed by atoms with Crippen molar-refractivity contribution in [2.45, 2.75) is 46.1 Å². The molecule has 0 spiro atoms. The molecule has 9 nitrogen and oxygen atoms in total. The number of aromatic nitrogens is 3. The Kier molecular flexibility index (Phi) is 6.87. The summed E-state index contributed by atoms with van der Waals surface area (Å²) in [7, 11) is 0. The minimum Gasteiger partial charge on any atom is -0.493 e. The van der Waals surface area contributed by atoms with Gasteiger partial charge in [-0.15, -0.1) is 13.2 Å². The summed E-state index contributed by atoms with van der Waals surface area (Å²) in [5.41, 5.74) is 1.12. The van der Waals surface area contributed by atoms with E-state index in [1.165, 1.54) is 19.1 Å². The van der Waals surface area contributed by atoms with Gasteiger partial charge in [-0.1, -0.05) is 12.1 Å². The zero-order valence-electron chi connectivity index (χ0n) is 20.5. The Morgan fingerprint density at radius 1 is 1.08 bits per heavy atom. The van der Waals surface area contributed by atoms with Gasteiger partial charge in [-0.05, 0) is 38.5 Å². The molecule has 12 heteroatoms. The highest BCUT2D eigenvalue weighted by atomic mass is 19.4. The fourth-order valence-electron chi connectivity index (χ4n) is 4.19. The average molecular weight is 507 g/mol. The quantitative estimate of drug-likeness (QED) is 0.510. The zero-order valence-corrected chi connectivity index (χ0v) is 20.5. The van der Waals surface area contributed by atoms with E-state index >= 15 is 0 Å². The van der Waals surface area contributed by atoms with Crippen molar-refractivity contribution >= 4 is 28.6 Å². The molecule has 1 unspecified atom stereocenters. The number of anilines is 2. The van der Waals surface area contributed by atoms with Gasteiger partial charge in [0.15, 0.2) is 0 Å². The van der Waals surface area contributed by atoms with Crippen molar-refractivity contribution in [3.05, 3.63) is 36.0 Å². The molecule has 3 aromatic rings. The number of carbonyl (C=O) groups is 1. The lowest BCUT2D eigenvalue weighted by Gasteiger charge is -2.34. The predicted octanol–water partition coefficient (Wildman–Crippen LogP) is 4.46. The highest BCUT2D eigenvalue weighted by molar-refractivity contribution is 5.94. The maximum atomic E-state index is 12.5. The van der Waals surface area contributed by atoms with Gasteiger partial charge in [0.05, 0.1) is 5.39 Å². The molecule has 1 aromatic carbocycles. The Morgan fingerprint density at radius 2 is 1.72 bits per heavy atom. The van der Waals surface area contributed by atoms with Crippen LogP contribution in [0.25, 0.3) is 10.9 Å². The van der Waals surface area contributed by atoms with Gasteiger partial charge in [-0.2, -0.15) is 4.98 Å². The summed E-state index contributed by atoms with van der Waals surface area (Å²) in [4.78, 5) is 24.8. The third-order valence-corrected chi connectivity index (χ3v) is 6.19. The van der Waals surface area contributed by atoms with E-state index in [1.54, 1.807) is 27.8 Å². The Bertz CT molecular complexity index is 1230. The normalized spacial score (nSPS) is 15.4. The molecule has 1 saturated heterocycles. The van der Waals surface area contributed by atoms with Gasteiger partial charge in [0.25, 0.3) is 0 Å². The predicted molar refractivity (Wildman–Crippen MR) is 129 cm³/mol. The summed E-state index contributed by atoms with van der Waals surface area (Å²) in [6.45, 7) is 9.46. The number of alkyl halides is 3. The Morgan fingerprint density at radius 3 is 2.28 bits per heavy atom. The summed E-state index contributed by atoms with van der Waals surface area (Å²) in [5, 5.41) is 14.8. The summed E-state index contributed by atoms with van der Waals surface area (Å²) >= 11 is 0. The van der Waals surface area contributed by atoms with E-state index in [2.05, 4.69) is 15.0 Å². The number of aromatic hydroxyl groups is 1. The molecular weight excluding hydrogens is 477 g/mol. The second-order valence-corrected chi connectivity index (χ2v) is 9.06. The SMILES string of the molecule is CC(=O)N1CCN(c2nc(NC(C)c3ccc(OC(F)(F)F)cc3)c3cn(C(C)C)c(O)c3n2)CC1. The third-order valence-electron chi connectivity index (χ3n) is 6.19. The first-order chi connectivity index (χ1) is 16.9. The third kappa shape index (κ3) is 5.42. The number of piperazine rings is 1. The van der Waals surface area contributed by atoms with Crippen LogP contribution in [0.5, 0.6) is 11.6 Å². The molecule has 1 atom stereocenters. The van der Waals surface area contributed by atoms with Gasteiger partial charge in [0.2, 0.25) is 17.7 Å². The Balaban J connectivity index is 1.65. The summed E-state index contributed by atoms with van der Waals surface area (Å²) in [5.74, 6) is 0.651. The van der Waals surface area contributed by atoms with Crippen LogP contribution in [0.15, 0.2) is 30.5 Å². The number of amides is 1. The van der Waals surface area contributed by atoms with Crippen molar-refractivity contribution < 1.29 is 27.8 Å². The minimum atomic E-state index is -4.75. The fourth-order valence-corrected chi connectivity index (χ4v) is 4.19. The molecule has 0 bridgehead atoms. The molecule has 2 aromatic heterocycles. The van der Waals surface area contributed by atoms with Crippen LogP contribution in [0.3, 0.4) is 0 Å². The van der Waals surface area contributed by atoms with Crippen molar-refractivity contribution in [1.82, 2.24) is 19.4 Å². The first kappa shape index (κ1) is 25.4. The smallest absolute Gasteiger partial charge is 0.493 e. The molecule has 0 radical (unpaired) electrons. The van der Waals surface area contributed by atoms with Crippen LogP contribution < -0.4 is 15.0 Å². The lowest BCUT2D eigenvalue weighted by atomic mass is 10.1. The first-order valence-corrected chi connectivity index (χ1v) is 11.7. The molecule has 0 saturated carbocycles. The van der Waals surface area contributed by atoms with E-state index in [1.807, 2.05) is 25.7 Å². The van der Waals surface area contributed by atoms with Crippen molar-refractivity contribution in [2.24, 2.45) is 0 Å². The van der Waals surface area contributed by atoms with Crippen molar-refractivity contribution in [1.29, 1.82) is 0 Å². The molecule has 194 valence electrons. The maximum absolute atomic E-state index is 12.5. The van der Waals surface area contributed by atoms with E-state index in [0.29, 0.717) is 48.8 Å². The van der Waals surface area contributed by atoms with Gasteiger partial charge in [0.1, 0.15) is 17.1 Å². The highest BCUT2D eigenvalue weighted by Gasteiger charge is 2.31. The molecular formula is C24H29F3N6O3. The number of ether oxygens (including phenoxy) is 1. The topological polar surface area (TPSA) is 95.8 Å². The number of nitrogens with zero attached hydrogens (tertiary/aromatic N) is 5. The molecule has 2 N–H and O–H groups in total. The van der Waals surface area contributed by atoms with Crippen molar-refractivity contribution in [3.8, 4) is 11.6 Å². The van der Waals surface area contributed by atoms with E-state index in [0.717, 1.165) is 5.56 Å². The van der Waals surface area contributed by atoms with Crippen LogP contribution >= 0.6 is 0 Å². The summed E-state index contributed by atoms with van der Waals surface area (Å²) < 4.78 is 43.1. The number of carbonyl (C=O) groups excluding carboxylic acids is 1. The van der Waals surface area contributed by atoms with E-state index in [9.17, 15) is 23.1 Å². The van der Waals surface area contributed by atoms with Crippen molar-refractivity contribution in [3.63, 3.8) is 0 Å². The van der Waals surface area contributed by atoms with Crippen LogP contribution in [0.2, 0.25) is 0 Å². The number of benzene rings is 1. The van der Waals surface area contributed by atoms with E-state index in [4.69, 9.17) is 4.98 Å². The fraction of sp³-hybridized carbons (Fsp3) is 0.458. The number of fused-ring (bicyclic) bond motifs is 1. The highest BCUT2D eigenvalue weighted by Crippen LogP contribution is 2.35. The van der Waals surface area contributed by atoms with Gasteiger partial charge in [-0.3, -0.25) is 4.79 Å². The Labute approximate surface area is 206 Å². The molecule has 4 rings (SSSR count). The number of halogens is 3. The van der Waals surface area contributed by atoms with Crippen LogP contribution in [0, 0.1) is 0 Å². The zero-order chi connectivity index (χ0) is 26.2. The maximum Gasteiger partial charge on any atom is 0.573 e. The number of nitrogens with one attached hydrogen (secondary N) is 1. The van der Waals surface area contributed by atoms with E-state index < -0.39 is 6.36 Å². The second kappa shape index (κ2) is 9.75. The largest absolute Gasteiger partial charge is 0.573 e. The molecule has 3 heterocycles. The molecule has 0 aliphatic carbocycles. The molecule has 1 amide bonds. The summed E-state index contributed by atoms with van der Waals surface area (Å²) in [6, 6.07) is 5.28. The molecule has 1 fully saturated rings. The second-order valence-electron chi connectivity index (χ2n) is 9.06. The lowest BCUT2D eigenvalue weighted by Crippen LogP contribution is -2.48. The standard InChI is InChI=1S/C24H29F3N6O3/c1-14(2)33-13-19-20(22(33)35)29-23(32-11-9-31(10-12-32)16(4)34)30-21(19)28-15(3)17-5-7-18(8-6-17)36-24(25,26)27/h5-8,13-15,35H,9-12H2,1-4H3,(H,28,29,30). The Hall–Kier alpha value is -3.70. The minimum absolute atomic E-state index is 0.0144. The lowest BCUT2D eigenvalue weighted by molar-refractivity contribution is -0.274. The molecule has 1 aliphatic rings. The van der Waals surface area contributed by atoms with Crippen LogP contribution in [-0.4, -0.2) is 63.0 Å². The van der Waals surface area contributed by atoms with Crippen LogP contribution in [0.1, 0.15) is 45.3 Å². The van der Waals surface area contributed by atoms with Gasteiger partial charge >= 0.3 is 6.36 Å². The number of rotatable bonds is 6. The van der Waals surface area contributed by atoms with E-state index in [-0.39, 0.29) is 29.6 Å².